The average molecular weight is 370 g/mol. The average Bonchev–Trinajstić information content (AvgIpc) is 3.13. The molecule has 1 N–H and O–H groups in total. The summed E-state index contributed by atoms with van der Waals surface area (Å²) in [5, 5.41) is 20.9. The summed E-state index contributed by atoms with van der Waals surface area (Å²) < 4.78 is 5.06. The van der Waals surface area contributed by atoms with Gasteiger partial charge in [0.2, 0.25) is 0 Å². The number of carboxylic acid groups (broad SMARTS) is 1. The highest BCUT2D eigenvalue weighted by Gasteiger charge is 2.41. The number of carbonyl (C=O) groups excluding carboxylic acids is 1. The SMILES string of the molecule is COc1ccc([N+](=O)[O-])c(C(=O)N2CC(C(=O)O)C(c3ccccc3)C2)c1. The molecule has 140 valence electrons. The van der Waals surface area contributed by atoms with Crippen LogP contribution in [0.2, 0.25) is 0 Å². The molecule has 1 saturated heterocycles. The Morgan fingerprint density at radius 1 is 1.19 bits per heavy atom. The van der Waals surface area contributed by atoms with E-state index in [2.05, 4.69) is 0 Å². The first kappa shape index (κ1) is 18.4. The number of amides is 1. The van der Waals surface area contributed by atoms with Crippen molar-refractivity contribution in [2.45, 2.75) is 5.92 Å². The first-order valence-corrected chi connectivity index (χ1v) is 8.31. The van der Waals surface area contributed by atoms with Gasteiger partial charge in [-0.1, -0.05) is 30.3 Å². The van der Waals surface area contributed by atoms with Gasteiger partial charge in [-0.3, -0.25) is 19.7 Å². The summed E-state index contributed by atoms with van der Waals surface area (Å²) in [5.74, 6) is -2.42. The van der Waals surface area contributed by atoms with Crippen LogP contribution in [0.25, 0.3) is 0 Å². The van der Waals surface area contributed by atoms with Crippen molar-refractivity contribution in [1.82, 2.24) is 4.90 Å². The van der Waals surface area contributed by atoms with Crippen LogP contribution in [-0.2, 0) is 4.79 Å². The van der Waals surface area contributed by atoms with E-state index < -0.39 is 22.7 Å². The van der Waals surface area contributed by atoms with Crippen molar-refractivity contribution in [3.63, 3.8) is 0 Å². The fourth-order valence-electron chi connectivity index (χ4n) is 3.40. The fraction of sp³-hybridized carbons (Fsp3) is 0.263. The van der Waals surface area contributed by atoms with Crippen LogP contribution in [0.5, 0.6) is 5.75 Å². The molecule has 1 aliphatic heterocycles. The van der Waals surface area contributed by atoms with Crippen LogP contribution in [0.1, 0.15) is 21.8 Å². The van der Waals surface area contributed by atoms with E-state index in [1.807, 2.05) is 30.3 Å². The zero-order valence-corrected chi connectivity index (χ0v) is 14.6. The molecular formula is C19H18N2O6. The number of hydrogen-bond acceptors (Lipinski definition) is 5. The third-order valence-electron chi connectivity index (χ3n) is 4.78. The van der Waals surface area contributed by atoms with Crippen LogP contribution in [0, 0.1) is 16.0 Å². The molecule has 1 heterocycles. The Balaban J connectivity index is 1.94. The largest absolute Gasteiger partial charge is 0.497 e. The number of nitrogens with zero attached hydrogens (tertiary/aromatic N) is 2. The lowest BCUT2D eigenvalue weighted by atomic mass is 9.89. The molecule has 3 rings (SSSR count). The minimum atomic E-state index is -1.00. The first-order valence-electron chi connectivity index (χ1n) is 8.31. The number of carbonyl (C=O) groups is 2. The van der Waals surface area contributed by atoms with E-state index in [9.17, 15) is 24.8 Å². The minimum absolute atomic E-state index is 0.0118. The number of nitro groups is 1. The van der Waals surface area contributed by atoms with Crippen LogP contribution >= 0.6 is 0 Å². The van der Waals surface area contributed by atoms with Crippen LogP contribution in [0.4, 0.5) is 5.69 Å². The van der Waals surface area contributed by atoms with Crippen LogP contribution in [-0.4, -0.2) is 47.0 Å². The number of methoxy groups -OCH3 is 1. The van der Waals surface area contributed by atoms with Gasteiger partial charge < -0.3 is 14.7 Å². The van der Waals surface area contributed by atoms with E-state index in [-0.39, 0.29) is 30.3 Å². The maximum atomic E-state index is 13.0. The zero-order valence-electron chi connectivity index (χ0n) is 14.6. The number of carboxylic acids is 1. The fourth-order valence-corrected chi connectivity index (χ4v) is 3.40. The number of rotatable bonds is 5. The summed E-state index contributed by atoms with van der Waals surface area (Å²) in [6.45, 7) is 0.163. The molecule has 0 bridgehead atoms. The van der Waals surface area contributed by atoms with Crippen molar-refractivity contribution in [2.24, 2.45) is 5.92 Å². The van der Waals surface area contributed by atoms with E-state index >= 15 is 0 Å². The molecule has 0 saturated carbocycles. The molecular weight excluding hydrogens is 352 g/mol. The second-order valence-corrected chi connectivity index (χ2v) is 6.31. The topological polar surface area (TPSA) is 110 Å². The van der Waals surface area contributed by atoms with Gasteiger partial charge in [-0.05, 0) is 17.7 Å². The standard InChI is InChI=1S/C19H18N2O6/c1-27-13-7-8-17(21(25)26)14(9-13)18(22)20-10-15(16(11-20)19(23)24)12-5-3-2-4-6-12/h2-9,15-16H,10-11H2,1H3,(H,23,24). The Morgan fingerprint density at radius 3 is 2.48 bits per heavy atom. The second-order valence-electron chi connectivity index (χ2n) is 6.31. The monoisotopic (exact) mass is 370 g/mol. The van der Waals surface area contributed by atoms with E-state index in [0.717, 1.165) is 5.56 Å². The lowest BCUT2D eigenvalue weighted by molar-refractivity contribution is -0.385. The Kier molecular flexibility index (Phi) is 5.07. The minimum Gasteiger partial charge on any atom is -0.497 e. The van der Waals surface area contributed by atoms with Crippen LogP contribution < -0.4 is 4.74 Å². The Morgan fingerprint density at radius 2 is 1.89 bits per heavy atom. The van der Waals surface area contributed by atoms with Gasteiger partial charge in [0.15, 0.2) is 0 Å². The number of hydrogen-bond donors (Lipinski definition) is 1. The molecule has 2 aromatic rings. The number of ether oxygens (including phenoxy) is 1. The van der Waals surface area contributed by atoms with Crippen LogP contribution in [0.15, 0.2) is 48.5 Å². The van der Waals surface area contributed by atoms with Crippen molar-refractivity contribution in [3.05, 3.63) is 69.8 Å². The van der Waals surface area contributed by atoms with Gasteiger partial charge in [0.05, 0.1) is 18.0 Å². The van der Waals surface area contributed by atoms with Crippen molar-refractivity contribution < 1.29 is 24.4 Å². The number of benzene rings is 2. The molecule has 2 aromatic carbocycles. The highest BCUT2D eigenvalue weighted by atomic mass is 16.6. The van der Waals surface area contributed by atoms with Gasteiger partial charge in [-0.2, -0.15) is 0 Å². The molecule has 0 spiro atoms. The molecule has 1 fully saturated rings. The predicted molar refractivity (Wildman–Crippen MR) is 95.9 cm³/mol. The molecule has 1 amide bonds. The van der Waals surface area contributed by atoms with Crippen LogP contribution in [0.3, 0.4) is 0 Å². The van der Waals surface area contributed by atoms with E-state index in [1.54, 1.807) is 0 Å². The summed E-state index contributed by atoms with van der Waals surface area (Å²) in [5.41, 5.74) is 0.369. The maximum Gasteiger partial charge on any atom is 0.308 e. The van der Waals surface area contributed by atoms with Gasteiger partial charge in [0.25, 0.3) is 11.6 Å². The van der Waals surface area contributed by atoms with Gasteiger partial charge in [-0.15, -0.1) is 0 Å². The van der Waals surface area contributed by atoms with Crippen molar-refractivity contribution in [3.8, 4) is 5.75 Å². The highest BCUT2D eigenvalue weighted by molar-refractivity contribution is 5.99. The summed E-state index contributed by atoms with van der Waals surface area (Å²) in [4.78, 5) is 36.7. The van der Waals surface area contributed by atoms with E-state index in [4.69, 9.17) is 4.74 Å². The molecule has 0 radical (unpaired) electrons. The van der Waals surface area contributed by atoms with Gasteiger partial charge in [0.1, 0.15) is 11.3 Å². The van der Waals surface area contributed by atoms with Crippen molar-refractivity contribution in [1.29, 1.82) is 0 Å². The summed E-state index contributed by atoms with van der Waals surface area (Å²) in [7, 11) is 1.40. The zero-order chi connectivity index (χ0) is 19.6. The van der Waals surface area contributed by atoms with E-state index in [0.29, 0.717) is 5.75 Å². The quantitative estimate of drug-likeness (QED) is 0.640. The molecule has 0 aliphatic carbocycles. The molecule has 0 aromatic heterocycles. The molecule has 2 unspecified atom stereocenters. The number of aliphatic carboxylic acids is 1. The smallest absolute Gasteiger partial charge is 0.308 e. The molecule has 1 aliphatic rings. The lowest BCUT2D eigenvalue weighted by Gasteiger charge is -2.17. The normalized spacial score (nSPS) is 18.9. The summed E-state index contributed by atoms with van der Waals surface area (Å²) in [6, 6.07) is 13.0. The lowest BCUT2D eigenvalue weighted by Crippen LogP contribution is -2.30. The summed E-state index contributed by atoms with van der Waals surface area (Å²) >= 11 is 0. The molecule has 27 heavy (non-hydrogen) atoms. The third-order valence-corrected chi connectivity index (χ3v) is 4.78. The maximum absolute atomic E-state index is 13.0. The molecule has 8 nitrogen and oxygen atoms in total. The second kappa shape index (κ2) is 7.45. The Bertz CT molecular complexity index is 883. The Hall–Kier alpha value is -3.42. The summed E-state index contributed by atoms with van der Waals surface area (Å²) in [6.07, 6.45) is 0. The number of likely N-dealkylation sites (tertiary alicyclic amines) is 1. The van der Waals surface area contributed by atoms with Crippen molar-refractivity contribution >= 4 is 17.6 Å². The van der Waals surface area contributed by atoms with Gasteiger partial charge in [-0.25, -0.2) is 0 Å². The Labute approximate surface area is 155 Å². The predicted octanol–water partition coefficient (Wildman–Crippen LogP) is 2.54. The van der Waals surface area contributed by atoms with Crippen molar-refractivity contribution in [2.75, 3.05) is 20.2 Å². The van der Waals surface area contributed by atoms with Gasteiger partial charge in [0, 0.05) is 25.1 Å². The third kappa shape index (κ3) is 3.59. The molecule has 8 heteroatoms. The number of nitro benzene ring substituents is 1. The highest BCUT2D eigenvalue weighted by Crippen LogP contribution is 2.35. The van der Waals surface area contributed by atoms with Gasteiger partial charge >= 0.3 is 5.97 Å². The first-order chi connectivity index (χ1) is 12.9. The van der Waals surface area contributed by atoms with E-state index in [1.165, 1.54) is 30.2 Å². The molecule has 2 atom stereocenters.